The summed E-state index contributed by atoms with van der Waals surface area (Å²) in [6.07, 6.45) is 5.83. The maximum atomic E-state index is 5.24. The van der Waals surface area contributed by atoms with Crippen molar-refractivity contribution in [2.75, 3.05) is 13.1 Å². The number of halogens is 1. The normalized spacial score (nSPS) is 15.3. The van der Waals surface area contributed by atoms with E-state index < -0.39 is 0 Å². The summed E-state index contributed by atoms with van der Waals surface area (Å²) < 4.78 is 7.42. The van der Waals surface area contributed by atoms with E-state index in [9.17, 15) is 0 Å². The molecule has 2 aromatic heterocycles. The Morgan fingerprint density at radius 1 is 1.43 bits per heavy atom. The van der Waals surface area contributed by atoms with E-state index in [1.807, 2.05) is 13.0 Å². The lowest BCUT2D eigenvalue weighted by molar-refractivity contribution is 0.431. The number of piperidine rings is 1. The quantitative estimate of drug-likeness (QED) is 0.634. The van der Waals surface area contributed by atoms with Crippen molar-refractivity contribution in [3.05, 3.63) is 36.3 Å². The van der Waals surface area contributed by atoms with E-state index in [4.69, 9.17) is 4.42 Å². The molecule has 6 nitrogen and oxygen atoms in total. The fourth-order valence-electron chi connectivity index (χ4n) is 2.70. The van der Waals surface area contributed by atoms with E-state index in [-0.39, 0.29) is 12.4 Å². The van der Waals surface area contributed by atoms with Gasteiger partial charge in [0.15, 0.2) is 11.0 Å². The van der Waals surface area contributed by atoms with Crippen LogP contribution in [0, 0.1) is 6.92 Å². The number of aryl methyl sites for hydroxylation is 1. The fourth-order valence-corrected chi connectivity index (χ4v) is 3.53. The van der Waals surface area contributed by atoms with Crippen LogP contribution in [-0.2, 0) is 12.3 Å². The second kappa shape index (κ2) is 8.52. The van der Waals surface area contributed by atoms with Gasteiger partial charge in [0.2, 0.25) is 0 Å². The molecule has 0 unspecified atom stereocenters. The molecule has 1 fully saturated rings. The molecule has 0 aromatic carbocycles. The van der Waals surface area contributed by atoms with Crippen molar-refractivity contribution >= 4 is 24.2 Å². The standard InChI is InChI=1S/C15H21N5OS.ClH/c1-3-8-20-14(12-4-6-16-7-5-12)18-19-15(20)22-10-13-9-21-11(2)17-13;/h3,9,12,16H,1,4-8,10H2,2H3;1H. The van der Waals surface area contributed by atoms with Crippen LogP contribution in [0.2, 0.25) is 0 Å². The summed E-state index contributed by atoms with van der Waals surface area (Å²) in [5, 5.41) is 13.1. The molecule has 0 amide bonds. The first-order chi connectivity index (χ1) is 10.8. The second-order valence-electron chi connectivity index (χ2n) is 5.41. The van der Waals surface area contributed by atoms with Gasteiger partial charge in [-0.05, 0) is 25.9 Å². The summed E-state index contributed by atoms with van der Waals surface area (Å²) in [5.41, 5.74) is 0.930. The van der Waals surface area contributed by atoms with E-state index in [0.717, 1.165) is 54.9 Å². The molecule has 1 N–H and O–H groups in total. The van der Waals surface area contributed by atoms with Crippen molar-refractivity contribution in [3.8, 4) is 0 Å². The van der Waals surface area contributed by atoms with E-state index >= 15 is 0 Å². The number of rotatable bonds is 6. The van der Waals surface area contributed by atoms with Crippen molar-refractivity contribution in [1.82, 2.24) is 25.1 Å². The molecular formula is C15H22ClN5OS. The van der Waals surface area contributed by atoms with Gasteiger partial charge in [0.1, 0.15) is 12.1 Å². The predicted molar refractivity (Wildman–Crippen MR) is 93.1 cm³/mol. The highest BCUT2D eigenvalue weighted by atomic mass is 35.5. The molecule has 126 valence electrons. The molecule has 0 aliphatic carbocycles. The van der Waals surface area contributed by atoms with Crippen molar-refractivity contribution in [3.63, 3.8) is 0 Å². The van der Waals surface area contributed by atoms with Crippen molar-refractivity contribution in [1.29, 1.82) is 0 Å². The van der Waals surface area contributed by atoms with Crippen molar-refractivity contribution in [2.45, 2.75) is 43.1 Å². The third-order valence-corrected chi connectivity index (χ3v) is 4.78. The number of aromatic nitrogens is 4. The molecule has 2 aromatic rings. The largest absolute Gasteiger partial charge is 0.449 e. The first-order valence-electron chi connectivity index (χ1n) is 7.56. The Morgan fingerprint density at radius 2 is 2.22 bits per heavy atom. The number of nitrogens with zero attached hydrogens (tertiary/aromatic N) is 4. The lowest BCUT2D eigenvalue weighted by Crippen LogP contribution is -2.28. The SMILES string of the molecule is C=CCn1c(SCc2coc(C)n2)nnc1C1CCNCC1.Cl. The minimum absolute atomic E-state index is 0. The van der Waals surface area contributed by atoms with E-state index in [1.54, 1.807) is 18.0 Å². The lowest BCUT2D eigenvalue weighted by atomic mass is 9.97. The topological polar surface area (TPSA) is 68.8 Å². The Balaban J connectivity index is 0.00000192. The van der Waals surface area contributed by atoms with E-state index in [2.05, 4.69) is 31.6 Å². The van der Waals surface area contributed by atoms with Gasteiger partial charge in [-0.3, -0.25) is 0 Å². The van der Waals surface area contributed by atoms with Crippen LogP contribution in [0.5, 0.6) is 0 Å². The van der Waals surface area contributed by atoms with Gasteiger partial charge in [0, 0.05) is 25.1 Å². The van der Waals surface area contributed by atoms with Crippen LogP contribution >= 0.6 is 24.2 Å². The van der Waals surface area contributed by atoms with Crippen molar-refractivity contribution < 1.29 is 4.42 Å². The molecule has 0 atom stereocenters. The van der Waals surface area contributed by atoms with Gasteiger partial charge in [-0.25, -0.2) is 4.98 Å². The molecule has 0 bridgehead atoms. The van der Waals surface area contributed by atoms with Crippen LogP contribution in [0.3, 0.4) is 0 Å². The Kier molecular flexibility index (Phi) is 6.68. The van der Waals surface area contributed by atoms with Crippen LogP contribution in [0.4, 0.5) is 0 Å². The molecule has 0 saturated carbocycles. The molecule has 8 heteroatoms. The summed E-state index contributed by atoms with van der Waals surface area (Å²) in [6, 6.07) is 0. The Hall–Kier alpha value is -1.31. The number of thioether (sulfide) groups is 1. The zero-order chi connectivity index (χ0) is 15.4. The maximum Gasteiger partial charge on any atom is 0.191 e. The summed E-state index contributed by atoms with van der Waals surface area (Å²) in [4.78, 5) is 4.32. The highest BCUT2D eigenvalue weighted by Gasteiger charge is 2.23. The Morgan fingerprint density at radius 3 is 2.87 bits per heavy atom. The van der Waals surface area contributed by atoms with Gasteiger partial charge in [-0.1, -0.05) is 17.8 Å². The fraction of sp³-hybridized carbons (Fsp3) is 0.533. The van der Waals surface area contributed by atoms with Crippen molar-refractivity contribution in [2.24, 2.45) is 0 Å². The molecule has 3 heterocycles. The summed E-state index contributed by atoms with van der Waals surface area (Å²) in [7, 11) is 0. The van der Waals surface area contributed by atoms with Gasteiger partial charge in [0.25, 0.3) is 0 Å². The number of oxazole rings is 1. The van der Waals surface area contributed by atoms with Gasteiger partial charge in [0.05, 0.1) is 5.69 Å². The van der Waals surface area contributed by atoms with Gasteiger partial charge in [-0.15, -0.1) is 29.2 Å². The highest BCUT2D eigenvalue weighted by Crippen LogP contribution is 2.28. The minimum atomic E-state index is 0. The maximum absolute atomic E-state index is 5.24. The smallest absolute Gasteiger partial charge is 0.191 e. The van der Waals surface area contributed by atoms with Crippen LogP contribution in [0.1, 0.15) is 36.2 Å². The second-order valence-corrected chi connectivity index (χ2v) is 6.35. The van der Waals surface area contributed by atoms with Gasteiger partial charge >= 0.3 is 0 Å². The molecule has 0 spiro atoms. The number of hydrogen-bond donors (Lipinski definition) is 1. The third-order valence-electron chi connectivity index (χ3n) is 3.78. The van der Waals surface area contributed by atoms with Crippen LogP contribution in [0.15, 0.2) is 28.5 Å². The monoisotopic (exact) mass is 355 g/mol. The molecule has 23 heavy (non-hydrogen) atoms. The highest BCUT2D eigenvalue weighted by molar-refractivity contribution is 7.98. The predicted octanol–water partition coefficient (Wildman–Crippen LogP) is 2.94. The summed E-state index contributed by atoms with van der Waals surface area (Å²) >= 11 is 1.64. The number of nitrogens with one attached hydrogen (secondary N) is 1. The number of allylic oxidation sites excluding steroid dienone is 1. The first kappa shape index (κ1) is 18.0. The van der Waals surface area contributed by atoms with Crippen LogP contribution in [-0.4, -0.2) is 32.8 Å². The molecule has 1 aliphatic heterocycles. The molecule has 1 aliphatic rings. The van der Waals surface area contributed by atoms with E-state index in [0.29, 0.717) is 11.8 Å². The zero-order valence-corrected chi connectivity index (χ0v) is 14.8. The molecule has 1 saturated heterocycles. The zero-order valence-electron chi connectivity index (χ0n) is 13.2. The van der Waals surface area contributed by atoms with Gasteiger partial charge in [-0.2, -0.15) is 0 Å². The Labute approximate surface area is 146 Å². The lowest BCUT2D eigenvalue weighted by Gasteiger charge is -2.22. The summed E-state index contributed by atoms with van der Waals surface area (Å²) in [5.74, 6) is 3.00. The first-order valence-corrected chi connectivity index (χ1v) is 8.55. The average Bonchev–Trinajstić information content (AvgIpc) is 3.13. The van der Waals surface area contributed by atoms with Crippen LogP contribution < -0.4 is 5.32 Å². The number of hydrogen-bond acceptors (Lipinski definition) is 6. The molecular weight excluding hydrogens is 334 g/mol. The minimum Gasteiger partial charge on any atom is -0.449 e. The molecule has 0 radical (unpaired) electrons. The average molecular weight is 356 g/mol. The van der Waals surface area contributed by atoms with E-state index in [1.165, 1.54) is 0 Å². The summed E-state index contributed by atoms with van der Waals surface area (Å²) in [6.45, 7) is 8.55. The molecule has 3 rings (SSSR count). The third kappa shape index (κ3) is 4.37. The van der Waals surface area contributed by atoms with Gasteiger partial charge < -0.3 is 14.3 Å². The van der Waals surface area contributed by atoms with Crippen LogP contribution in [0.25, 0.3) is 0 Å². The Bertz CT molecular complexity index is 636.